The predicted molar refractivity (Wildman–Crippen MR) is 96.4 cm³/mol. The van der Waals surface area contributed by atoms with Crippen molar-refractivity contribution in [2.75, 3.05) is 5.32 Å². The van der Waals surface area contributed by atoms with Gasteiger partial charge in [-0.25, -0.2) is 26.9 Å². The molecule has 4 N–H and O–H groups in total. The van der Waals surface area contributed by atoms with Crippen molar-refractivity contribution >= 4 is 27.6 Å². The maximum absolute atomic E-state index is 13.4. The molecule has 2 unspecified atom stereocenters. The number of carbonyl (C=O) groups excluding carboxylic acids is 1. The lowest BCUT2D eigenvalue weighted by atomic mass is 10.1. The predicted octanol–water partition coefficient (Wildman–Crippen LogP) is 2.38. The Balaban J connectivity index is 2.04. The molecule has 0 bridgehead atoms. The second-order valence-electron chi connectivity index (χ2n) is 6.37. The van der Waals surface area contributed by atoms with Crippen molar-refractivity contribution < 1.29 is 27.3 Å². The second kappa shape index (κ2) is 7.08. The summed E-state index contributed by atoms with van der Waals surface area (Å²) in [5.74, 6) is -5.37. The van der Waals surface area contributed by atoms with Crippen molar-refractivity contribution in [1.29, 1.82) is 4.78 Å². The van der Waals surface area contributed by atoms with Crippen LogP contribution >= 0.6 is 0 Å². The maximum Gasteiger partial charge on any atom is 0.272 e. The molecule has 1 amide bonds. The van der Waals surface area contributed by atoms with Gasteiger partial charge >= 0.3 is 0 Å². The molecule has 2 aromatic rings. The first kappa shape index (κ1) is 20.1. The summed E-state index contributed by atoms with van der Waals surface area (Å²) in [7, 11) is -2.07. The summed E-state index contributed by atoms with van der Waals surface area (Å²) in [4.78, 5) is 12.7. The molecule has 0 saturated heterocycles. The Kier molecular flexibility index (Phi) is 5.08. The Bertz CT molecular complexity index is 1070. The van der Waals surface area contributed by atoms with E-state index in [1.807, 2.05) is 0 Å². The lowest BCUT2D eigenvalue weighted by Gasteiger charge is -2.17. The highest BCUT2D eigenvalue weighted by atomic mass is 32.2. The third-order valence-corrected chi connectivity index (χ3v) is 5.79. The molecule has 1 aromatic carbocycles. The number of anilines is 1. The molecule has 0 aliphatic carbocycles. The first-order valence-electron chi connectivity index (χ1n) is 8.09. The molecule has 3 rings (SSSR count). The highest BCUT2D eigenvalue weighted by molar-refractivity contribution is 7.90. The van der Waals surface area contributed by atoms with Gasteiger partial charge in [-0.3, -0.25) is 4.79 Å². The van der Waals surface area contributed by atoms with Gasteiger partial charge in [0.1, 0.15) is 15.6 Å². The topological polar surface area (TPSA) is 107 Å². The van der Waals surface area contributed by atoms with Gasteiger partial charge < -0.3 is 15.0 Å². The Hall–Kier alpha value is -2.63. The van der Waals surface area contributed by atoms with Gasteiger partial charge in [-0.1, -0.05) is 12.2 Å². The highest BCUT2D eigenvalue weighted by Crippen LogP contribution is 2.28. The number of hydrogen-bond donors (Lipinski definition) is 4. The molecule has 0 saturated carbocycles. The molecule has 0 fully saturated rings. The molecular weight excluding hydrogens is 397 g/mol. The summed E-state index contributed by atoms with van der Waals surface area (Å²) >= 11 is 0. The lowest BCUT2D eigenvalue weighted by Crippen LogP contribution is -2.39. The first-order valence-corrected chi connectivity index (χ1v) is 9.64. The van der Waals surface area contributed by atoms with Crippen LogP contribution in [0.2, 0.25) is 0 Å². The van der Waals surface area contributed by atoms with Crippen LogP contribution in [0.4, 0.5) is 18.9 Å². The summed E-state index contributed by atoms with van der Waals surface area (Å²) in [6, 6.07) is 0.484. The minimum atomic E-state index is -3.54. The van der Waals surface area contributed by atoms with Crippen LogP contribution in [0.1, 0.15) is 23.0 Å². The van der Waals surface area contributed by atoms with Crippen molar-refractivity contribution in [3.05, 3.63) is 53.1 Å². The molecule has 1 aliphatic heterocycles. The maximum atomic E-state index is 13.4. The fourth-order valence-electron chi connectivity index (χ4n) is 2.86. The number of aliphatic hydroxyl groups excluding tert-OH is 1. The average molecular weight is 414 g/mol. The molecule has 1 aromatic heterocycles. The van der Waals surface area contributed by atoms with Crippen molar-refractivity contribution in [2.24, 2.45) is 7.05 Å². The SMILES string of the molecule is CC(O)[C@H]1C=Cc2c(cn(C)c2C(=O)Nc2cc(F)c(F)c(F)c2)S(=N)(=O)N1. The van der Waals surface area contributed by atoms with E-state index in [2.05, 4.69) is 10.0 Å². The second-order valence-corrected chi connectivity index (χ2v) is 8.16. The van der Waals surface area contributed by atoms with Crippen molar-refractivity contribution in [3.63, 3.8) is 0 Å². The van der Waals surface area contributed by atoms with Gasteiger partial charge in [0.15, 0.2) is 17.5 Å². The van der Waals surface area contributed by atoms with Gasteiger partial charge in [-0.15, -0.1) is 0 Å². The third-order valence-electron chi connectivity index (χ3n) is 4.24. The van der Waals surface area contributed by atoms with Crippen LogP contribution in [0.5, 0.6) is 0 Å². The number of nitrogens with one attached hydrogen (secondary N) is 3. The number of aryl methyl sites for hydroxylation is 1. The number of rotatable bonds is 3. The van der Waals surface area contributed by atoms with Crippen molar-refractivity contribution in [3.8, 4) is 0 Å². The Labute approximate surface area is 159 Å². The lowest BCUT2D eigenvalue weighted by molar-refractivity contribution is 0.101. The smallest absolute Gasteiger partial charge is 0.272 e. The average Bonchev–Trinajstić information content (AvgIpc) is 2.87. The summed E-state index contributed by atoms with van der Waals surface area (Å²) in [6.07, 6.45) is 3.30. The fourth-order valence-corrected chi connectivity index (χ4v) is 4.43. The Morgan fingerprint density at radius 2 is 1.96 bits per heavy atom. The van der Waals surface area contributed by atoms with Crippen LogP contribution in [0, 0.1) is 22.2 Å². The zero-order valence-electron chi connectivity index (χ0n) is 14.8. The summed E-state index contributed by atoms with van der Waals surface area (Å²) in [5.41, 5.74) is -0.163. The highest BCUT2D eigenvalue weighted by Gasteiger charge is 2.29. The van der Waals surface area contributed by atoms with Gasteiger partial charge in [0.05, 0.1) is 17.0 Å². The van der Waals surface area contributed by atoms with Crippen LogP contribution in [-0.2, 0) is 17.0 Å². The fraction of sp³-hybridized carbons (Fsp3) is 0.235. The molecule has 2 heterocycles. The number of amides is 1. The van der Waals surface area contributed by atoms with Gasteiger partial charge in [-0.05, 0) is 6.92 Å². The van der Waals surface area contributed by atoms with E-state index in [9.17, 15) is 27.3 Å². The van der Waals surface area contributed by atoms with Crippen molar-refractivity contribution in [1.82, 2.24) is 9.29 Å². The Morgan fingerprint density at radius 1 is 1.36 bits per heavy atom. The van der Waals surface area contributed by atoms with E-state index in [1.165, 1.54) is 36.9 Å². The van der Waals surface area contributed by atoms with Crippen LogP contribution < -0.4 is 10.0 Å². The molecule has 28 heavy (non-hydrogen) atoms. The largest absolute Gasteiger partial charge is 0.391 e. The summed E-state index contributed by atoms with van der Waals surface area (Å²) < 4.78 is 64.6. The minimum absolute atomic E-state index is 0.0237. The summed E-state index contributed by atoms with van der Waals surface area (Å²) in [5, 5.41) is 12.0. The number of fused-ring (bicyclic) bond motifs is 1. The molecule has 1 aliphatic rings. The first-order chi connectivity index (χ1) is 13.0. The standard InChI is InChI=1S/C17H17F3N4O3S/c1-8(25)13-4-3-10-14(28(21,27)23-13)7-24(2)16(10)17(26)22-9-5-11(18)15(20)12(19)6-9/h3-8,13,25H,1-2H3,(H,22,26)(H2,21,23,27)/t8?,13-,28?/m1/s1. The number of nitrogens with zero attached hydrogens (tertiary/aromatic N) is 1. The Morgan fingerprint density at radius 3 is 2.54 bits per heavy atom. The molecule has 11 heteroatoms. The van der Waals surface area contributed by atoms with E-state index < -0.39 is 45.4 Å². The normalized spacial score (nSPS) is 22.4. The van der Waals surface area contributed by atoms with Crippen LogP contribution in [0.25, 0.3) is 6.08 Å². The number of hydrogen-bond acceptors (Lipinski definition) is 4. The third kappa shape index (κ3) is 3.55. The van der Waals surface area contributed by atoms with E-state index in [-0.39, 0.29) is 21.8 Å². The number of halogens is 3. The van der Waals surface area contributed by atoms with Gasteiger partial charge in [0.2, 0.25) is 0 Å². The zero-order valence-corrected chi connectivity index (χ0v) is 15.6. The summed E-state index contributed by atoms with van der Waals surface area (Å²) in [6.45, 7) is 1.46. The molecular formula is C17H17F3N4O3S. The van der Waals surface area contributed by atoms with E-state index >= 15 is 0 Å². The number of benzene rings is 1. The minimum Gasteiger partial charge on any atom is -0.391 e. The number of carbonyl (C=O) groups is 1. The monoisotopic (exact) mass is 414 g/mol. The van der Waals surface area contributed by atoms with E-state index in [1.54, 1.807) is 0 Å². The molecule has 3 atom stereocenters. The molecule has 0 spiro atoms. The van der Waals surface area contributed by atoms with Crippen molar-refractivity contribution in [2.45, 2.75) is 24.0 Å². The van der Waals surface area contributed by atoms with Gasteiger partial charge in [-0.2, -0.15) is 0 Å². The van der Waals surface area contributed by atoms with E-state index in [0.29, 0.717) is 12.1 Å². The van der Waals surface area contributed by atoms with Crippen LogP contribution in [0.3, 0.4) is 0 Å². The zero-order chi connectivity index (χ0) is 20.8. The number of aromatic nitrogens is 1. The van der Waals surface area contributed by atoms with E-state index in [4.69, 9.17) is 4.78 Å². The molecule has 7 nitrogen and oxygen atoms in total. The molecule has 0 radical (unpaired) electrons. The van der Waals surface area contributed by atoms with Crippen LogP contribution in [0.15, 0.2) is 29.3 Å². The quantitative estimate of drug-likeness (QED) is 0.579. The molecule has 150 valence electrons. The van der Waals surface area contributed by atoms with Gasteiger partial charge in [0, 0.05) is 36.6 Å². The van der Waals surface area contributed by atoms with Gasteiger partial charge in [0.25, 0.3) is 5.91 Å². The van der Waals surface area contributed by atoms with E-state index in [0.717, 1.165) is 0 Å². The number of aliphatic hydroxyl groups is 1. The van der Waals surface area contributed by atoms with Crippen LogP contribution in [-0.4, -0.2) is 31.9 Å².